The Bertz CT molecular complexity index is 243. The van der Waals surface area contributed by atoms with Gasteiger partial charge >= 0.3 is 0 Å². The Hall–Kier alpha value is -0.120. The second kappa shape index (κ2) is 9.01. The van der Waals surface area contributed by atoms with Crippen LogP contribution < -0.4 is 5.32 Å². The Kier molecular flexibility index (Phi) is 7.32. The number of hydrogen-bond acceptors (Lipinski definition) is 3. The number of nitrogens with one attached hydrogen (secondary N) is 1. The van der Waals surface area contributed by atoms with Gasteiger partial charge in [-0.15, -0.1) is 0 Å². The van der Waals surface area contributed by atoms with Crippen molar-refractivity contribution in [3.63, 3.8) is 0 Å². The molecule has 118 valence electrons. The fourth-order valence-corrected chi connectivity index (χ4v) is 3.12. The molecule has 0 aromatic carbocycles. The lowest BCUT2D eigenvalue weighted by molar-refractivity contribution is 0.121. The molecule has 1 aliphatic heterocycles. The van der Waals surface area contributed by atoms with E-state index in [9.17, 15) is 0 Å². The molecule has 1 aliphatic carbocycles. The average molecular weight is 281 g/mol. The first-order chi connectivity index (χ1) is 9.74. The molecule has 2 rings (SSSR count). The summed E-state index contributed by atoms with van der Waals surface area (Å²) >= 11 is 0. The molecular formula is C17H35N3. The number of rotatable bonds is 10. The van der Waals surface area contributed by atoms with Crippen LogP contribution >= 0.6 is 0 Å². The molecule has 1 saturated carbocycles. The minimum atomic E-state index is 0.811. The van der Waals surface area contributed by atoms with Gasteiger partial charge in [-0.25, -0.2) is 0 Å². The van der Waals surface area contributed by atoms with Crippen LogP contribution in [0.1, 0.15) is 52.4 Å². The molecule has 3 nitrogen and oxygen atoms in total. The molecule has 0 atom stereocenters. The average Bonchev–Trinajstić information content (AvgIpc) is 3.23. The van der Waals surface area contributed by atoms with Gasteiger partial charge in [-0.2, -0.15) is 0 Å². The van der Waals surface area contributed by atoms with Gasteiger partial charge in [0.1, 0.15) is 0 Å². The zero-order valence-electron chi connectivity index (χ0n) is 13.7. The summed E-state index contributed by atoms with van der Waals surface area (Å²) in [7, 11) is 0. The number of piperazine rings is 1. The highest BCUT2D eigenvalue weighted by atomic mass is 15.3. The van der Waals surface area contributed by atoms with Crippen molar-refractivity contribution in [2.75, 3.05) is 45.8 Å². The zero-order chi connectivity index (χ0) is 14.2. The lowest BCUT2D eigenvalue weighted by Gasteiger charge is -2.35. The van der Waals surface area contributed by atoms with Gasteiger partial charge in [0, 0.05) is 38.8 Å². The Morgan fingerprint density at radius 2 is 1.55 bits per heavy atom. The largest absolute Gasteiger partial charge is 0.314 e. The molecular weight excluding hydrogens is 246 g/mol. The van der Waals surface area contributed by atoms with Crippen LogP contribution in [-0.4, -0.2) is 61.7 Å². The monoisotopic (exact) mass is 281 g/mol. The first-order valence-electron chi connectivity index (χ1n) is 8.92. The lowest BCUT2D eigenvalue weighted by atomic mass is 10.1. The summed E-state index contributed by atoms with van der Waals surface area (Å²) in [4.78, 5) is 5.30. The quantitative estimate of drug-likeness (QED) is 0.621. The van der Waals surface area contributed by atoms with Gasteiger partial charge < -0.3 is 15.1 Å². The molecule has 0 radical (unpaired) electrons. The number of unbranched alkanes of at least 4 members (excludes halogenated alkanes) is 3. The third-order valence-electron chi connectivity index (χ3n) is 4.50. The molecule has 3 heteroatoms. The molecule has 0 spiro atoms. The van der Waals surface area contributed by atoms with Crippen molar-refractivity contribution in [3.05, 3.63) is 0 Å². The van der Waals surface area contributed by atoms with Gasteiger partial charge in [0.25, 0.3) is 0 Å². The minimum Gasteiger partial charge on any atom is -0.314 e. The second-order valence-corrected chi connectivity index (χ2v) is 7.18. The van der Waals surface area contributed by atoms with Crippen molar-refractivity contribution >= 4 is 0 Å². The van der Waals surface area contributed by atoms with Crippen molar-refractivity contribution in [1.82, 2.24) is 15.1 Å². The molecule has 20 heavy (non-hydrogen) atoms. The van der Waals surface area contributed by atoms with Crippen LogP contribution in [0.5, 0.6) is 0 Å². The van der Waals surface area contributed by atoms with Crippen molar-refractivity contribution < 1.29 is 0 Å². The predicted molar refractivity (Wildman–Crippen MR) is 87.2 cm³/mol. The number of nitrogens with zero attached hydrogens (tertiary/aromatic N) is 2. The van der Waals surface area contributed by atoms with Gasteiger partial charge in [-0.05, 0) is 44.7 Å². The van der Waals surface area contributed by atoms with Crippen LogP contribution in [0, 0.1) is 5.92 Å². The summed E-state index contributed by atoms with van der Waals surface area (Å²) in [5, 5.41) is 3.60. The summed E-state index contributed by atoms with van der Waals surface area (Å²) in [5.74, 6) is 0.811. The van der Waals surface area contributed by atoms with E-state index in [1.807, 2.05) is 0 Å². The predicted octanol–water partition coefficient (Wildman–Crippen LogP) is 2.57. The Morgan fingerprint density at radius 1 is 0.900 bits per heavy atom. The zero-order valence-corrected chi connectivity index (χ0v) is 13.7. The Balaban J connectivity index is 1.38. The van der Waals surface area contributed by atoms with Crippen molar-refractivity contribution in [2.45, 2.75) is 58.4 Å². The van der Waals surface area contributed by atoms with E-state index in [0.717, 1.165) is 12.0 Å². The summed E-state index contributed by atoms with van der Waals surface area (Å²) < 4.78 is 0. The minimum absolute atomic E-state index is 0.811. The highest BCUT2D eigenvalue weighted by Gasteiger charge is 2.19. The van der Waals surface area contributed by atoms with Gasteiger partial charge in [-0.1, -0.05) is 26.7 Å². The van der Waals surface area contributed by atoms with Gasteiger partial charge in [0.2, 0.25) is 0 Å². The maximum atomic E-state index is 3.60. The van der Waals surface area contributed by atoms with Crippen molar-refractivity contribution in [1.29, 1.82) is 0 Å². The molecule has 0 amide bonds. The molecule has 0 unspecified atom stereocenters. The van der Waals surface area contributed by atoms with E-state index in [2.05, 4.69) is 29.0 Å². The van der Waals surface area contributed by atoms with Gasteiger partial charge in [-0.3, -0.25) is 0 Å². The Morgan fingerprint density at radius 3 is 2.20 bits per heavy atom. The molecule has 1 saturated heterocycles. The van der Waals surface area contributed by atoms with Crippen molar-refractivity contribution in [3.8, 4) is 0 Å². The topological polar surface area (TPSA) is 18.5 Å². The molecule has 2 fully saturated rings. The summed E-state index contributed by atoms with van der Waals surface area (Å²) in [6.45, 7) is 13.6. The van der Waals surface area contributed by atoms with Crippen LogP contribution in [0.15, 0.2) is 0 Å². The smallest absolute Gasteiger partial charge is 0.0110 e. The molecule has 0 aromatic rings. The molecule has 0 bridgehead atoms. The maximum Gasteiger partial charge on any atom is 0.0110 e. The molecule has 0 aromatic heterocycles. The van der Waals surface area contributed by atoms with Crippen molar-refractivity contribution in [2.24, 2.45) is 5.92 Å². The van der Waals surface area contributed by atoms with Crippen LogP contribution in [-0.2, 0) is 0 Å². The normalized spacial score (nSPS) is 21.8. The van der Waals surface area contributed by atoms with E-state index >= 15 is 0 Å². The SMILES string of the molecule is CC(C)CN1CCN(CCCCCCNC2CC2)CC1. The first kappa shape index (κ1) is 16.3. The van der Waals surface area contributed by atoms with Crippen LogP contribution in [0.4, 0.5) is 0 Å². The van der Waals surface area contributed by atoms with Gasteiger partial charge in [0.05, 0.1) is 0 Å². The van der Waals surface area contributed by atoms with E-state index < -0.39 is 0 Å². The highest BCUT2D eigenvalue weighted by Crippen LogP contribution is 2.18. The van der Waals surface area contributed by atoms with Crippen LogP contribution in [0.3, 0.4) is 0 Å². The lowest BCUT2D eigenvalue weighted by Crippen LogP contribution is -2.47. The Labute approximate surface area is 126 Å². The summed E-state index contributed by atoms with van der Waals surface area (Å²) in [5.41, 5.74) is 0. The highest BCUT2D eigenvalue weighted by molar-refractivity contribution is 4.80. The standard InChI is InChI=1S/C17H35N3/c1-16(2)15-20-13-11-19(12-14-20)10-6-4-3-5-9-18-17-7-8-17/h16-18H,3-15H2,1-2H3. The van der Waals surface area contributed by atoms with E-state index in [0.29, 0.717) is 0 Å². The third-order valence-corrected chi connectivity index (χ3v) is 4.50. The van der Waals surface area contributed by atoms with E-state index in [-0.39, 0.29) is 0 Å². The summed E-state index contributed by atoms with van der Waals surface area (Å²) in [6.07, 6.45) is 8.43. The fraction of sp³-hybridized carbons (Fsp3) is 1.00. The third kappa shape index (κ3) is 7.05. The maximum absolute atomic E-state index is 3.60. The van der Waals surface area contributed by atoms with Crippen LogP contribution in [0.2, 0.25) is 0 Å². The van der Waals surface area contributed by atoms with Crippen LogP contribution in [0.25, 0.3) is 0 Å². The van der Waals surface area contributed by atoms with E-state index in [4.69, 9.17) is 0 Å². The van der Waals surface area contributed by atoms with Gasteiger partial charge in [0.15, 0.2) is 0 Å². The molecule has 2 aliphatic rings. The number of hydrogen-bond donors (Lipinski definition) is 1. The second-order valence-electron chi connectivity index (χ2n) is 7.18. The first-order valence-corrected chi connectivity index (χ1v) is 8.92. The summed E-state index contributed by atoms with van der Waals surface area (Å²) in [6, 6.07) is 0.886. The molecule has 1 N–H and O–H groups in total. The fourth-order valence-electron chi connectivity index (χ4n) is 3.12. The molecule has 1 heterocycles. The van der Waals surface area contributed by atoms with E-state index in [1.54, 1.807) is 0 Å². The van der Waals surface area contributed by atoms with E-state index in [1.165, 1.54) is 84.3 Å².